The van der Waals surface area contributed by atoms with Crippen LogP contribution in [-0.4, -0.2) is 41.0 Å². The largest absolute Gasteiger partial charge is 0.389 e. The summed E-state index contributed by atoms with van der Waals surface area (Å²) in [7, 11) is 0. The maximum Gasteiger partial charge on any atom is 0.261 e. The zero-order chi connectivity index (χ0) is 20.0. The van der Waals surface area contributed by atoms with Crippen molar-refractivity contribution in [2.75, 3.05) is 18.0 Å². The minimum atomic E-state index is -0.888. The summed E-state index contributed by atoms with van der Waals surface area (Å²) in [6, 6.07) is 22.9. The Morgan fingerprint density at radius 1 is 0.690 bits per heavy atom. The number of aliphatic hydroxyl groups excluding tert-OH is 1. The number of carbonyl (C=O) groups excluding carboxylic acids is 2. The van der Waals surface area contributed by atoms with Gasteiger partial charge in [0.25, 0.3) is 11.8 Å². The average Bonchev–Trinajstić information content (AvgIpc) is 2.99. The summed E-state index contributed by atoms with van der Waals surface area (Å²) in [5.41, 5.74) is 2.82. The maximum atomic E-state index is 12.6. The molecule has 5 nitrogen and oxygen atoms in total. The molecule has 5 rings (SSSR count). The lowest BCUT2D eigenvalue weighted by Gasteiger charge is -2.34. The molecule has 1 atom stereocenters. The highest BCUT2D eigenvalue weighted by Crippen LogP contribution is 2.47. The number of carbonyl (C=O) groups is 2. The third kappa shape index (κ3) is 3.01. The highest BCUT2D eigenvalue weighted by molar-refractivity contribution is 7.99. The molecular weight excluding hydrogens is 384 g/mol. The van der Waals surface area contributed by atoms with Gasteiger partial charge < -0.3 is 10.0 Å². The van der Waals surface area contributed by atoms with Crippen LogP contribution in [0.4, 0.5) is 11.4 Å². The van der Waals surface area contributed by atoms with E-state index in [2.05, 4.69) is 17.0 Å². The van der Waals surface area contributed by atoms with Crippen LogP contribution in [0.3, 0.4) is 0 Å². The van der Waals surface area contributed by atoms with Gasteiger partial charge in [0.15, 0.2) is 0 Å². The molecule has 2 amide bonds. The van der Waals surface area contributed by atoms with Crippen molar-refractivity contribution in [2.45, 2.75) is 15.9 Å². The predicted molar refractivity (Wildman–Crippen MR) is 112 cm³/mol. The van der Waals surface area contributed by atoms with Gasteiger partial charge in [0, 0.05) is 9.79 Å². The summed E-state index contributed by atoms with van der Waals surface area (Å²) in [4.78, 5) is 30.6. The lowest BCUT2D eigenvalue weighted by Crippen LogP contribution is -2.42. The van der Waals surface area contributed by atoms with E-state index >= 15 is 0 Å². The Kier molecular flexibility index (Phi) is 4.38. The van der Waals surface area contributed by atoms with Gasteiger partial charge in [-0.3, -0.25) is 14.5 Å². The number of benzene rings is 3. The number of hydrogen-bond donors (Lipinski definition) is 1. The topological polar surface area (TPSA) is 60.9 Å². The van der Waals surface area contributed by atoms with Crippen molar-refractivity contribution >= 4 is 35.0 Å². The summed E-state index contributed by atoms with van der Waals surface area (Å²) >= 11 is 1.70. The van der Waals surface area contributed by atoms with E-state index in [0.29, 0.717) is 11.1 Å². The van der Waals surface area contributed by atoms with Crippen LogP contribution in [0.25, 0.3) is 0 Å². The van der Waals surface area contributed by atoms with Crippen molar-refractivity contribution in [3.05, 3.63) is 83.9 Å². The van der Waals surface area contributed by atoms with Crippen LogP contribution < -0.4 is 4.90 Å². The van der Waals surface area contributed by atoms with Crippen LogP contribution in [0.5, 0.6) is 0 Å². The van der Waals surface area contributed by atoms with Crippen LogP contribution in [0.1, 0.15) is 20.7 Å². The quantitative estimate of drug-likeness (QED) is 0.670. The number of para-hydroxylation sites is 2. The fourth-order valence-electron chi connectivity index (χ4n) is 3.86. The number of nitrogens with zero attached hydrogens (tertiary/aromatic N) is 2. The van der Waals surface area contributed by atoms with E-state index < -0.39 is 6.10 Å². The van der Waals surface area contributed by atoms with Crippen LogP contribution >= 0.6 is 11.8 Å². The molecule has 3 aromatic rings. The molecule has 1 N–H and O–H groups in total. The fraction of sp³-hybridized carbons (Fsp3) is 0.130. The van der Waals surface area contributed by atoms with Crippen LogP contribution in [0.15, 0.2) is 82.6 Å². The third-order valence-electron chi connectivity index (χ3n) is 5.20. The Labute approximate surface area is 172 Å². The van der Waals surface area contributed by atoms with E-state index in [1.54, 1.807) is 36.0 Å². The molecule has 2 aliphatic heterocycles. The molecule has 2 aliphatic rings. The standard InChI is InChI=1S/C23H18N2O3S/c26-15(14-25-22(27)16-7-1-2-8-17(16)23(25)28)13-24-18-9-3-5-11-20(18)29-21-12-6-4-10-19(21)24/h1-12,15,26H,13-14H2/t15-/m1/s1. The zero-order valence-corrected chi connectivity index (χ0v) is 16.3. The molecule has 0 saturated carbocycles. The first kappa shape index (κ1) is 18.0. The molecular formula is C23H18N2O3S. The lowest BCUT2D eigenvalue weighted by atomic mass is 10.1. The van der Waals surface area contributed by atoms with Crippen LogP contribution in [-0.2, 0) is 0 Å². The minimum Gasteiger partial charge on any atom is -0.389 e. The molecule has 0 spiro atoms. The Morgan fingerprint density at radius 2 is 1.14 bits per heavy atom. The smallest absolute Gasteiger partial charge is 0.261 e. The molecule has 0 aromatic heterocycles. The maximum absolute atomic E-state index is 12.6. The number of hydrogen-bond acceptors (Lipinski definition) is 5. The van der Waals surface area contributed by atoms with Gasteiger partial charge in [-0.2, -0.15) is 0 Å². The number of fused-ring (bicyclic) bond motifs is 3. The average molecular weight is 402 g/mol. The second-order valence-electron chi connectivity index (χ2n) is 7.07. The first-order valence-corrected chi connectivity index (χ1v) is 10.2. The summed E-state index contributed by atoms with van der Waals surface area (Å²) in [5, 5.41) is 10.8. The molecule has 6 heteroatoms. The van der Waals surface area contributed by atoms with Gasteiger partial charge in [-0.25, -0.2) is 0 Å². The van der Waals surface area contributed by atoms with E-state index in [1.807, 2.05) is 36.4 Å². The van der Waals surface area contributed by atoms with Crippen molar-refractivity contribution in [1.82, 2.24) is 4.90 Å². The number of aliphatic hydroxyl groups is 1. The summed E-state index contributed by atoms with van der Waals surface area (Å²) in [6.45, 7) is 0.238. The second-order valence-corrected chi connectivity index (χ2v) is 8.15. The van der Waals surface area contributed by atoms with E-state index in [1.165, 1.54) is 0 Å². The molecule has 0 fully saturated rings. The van der Waals surface area contributed by atoms with Gasteiger partial charge in [0.05, 0.1) is 41.7 Å². The number of rotatable bonds is 4. The molecule has 144 valence electrons. The SMILES string of the molecule is O=C1c2ccccc2C(=O)N1C[C@H](O)CN1c2ccccc2Sc2ccccc21. The van der Waals surface area contributed by atoms with Gasteiger partial charge in [0.1, 0.15) is 0 Å². The predicted octanol–water partition coefficient (Wildman–Crippen LogP) is 3.95. The first-order chi connectivity index (χ1) is 14.1. The van der Waals surface area contributed by atoms with Gasteiger partial charge in [0.2, 0.25) is 0 Å². The molecule has 0 aliphatic carbocycles. The van der Waals surface area contributed by atoms with E-state index in [9.17, 15) is 14.7 Å². The van der Waals surface area contributed by atoms with Crippen LogP contribution in [0.2, 0.25) is 0 Å². The van der Waals surface area contributed by atoms with Gasteiger partial charge in [-0.1, -0.05) is 48.2 Å². The molecule has 2 heterocycles. The molecule has 0 saturated heterocycles. The van der Waals surface area contributed by atoms with Crippen LogP contribution in [0, 0.1) is 0 Å². The Hall–Kier alpha value is -3.09. The van der Waals surface area contributed by atoms with E-state index in [4.69, 9.17) is 0 Å². The van der Waals surface area contributed by atoms with Crippen molar-refractivity contribution in [1.29, 1.82) is 0 Å². The number of β-amino-alcohol motifs (C(OH)–C–C–N with tert-alkyl or cyclic N) is 1. The van der Waals surface area contributed by atoms with Crippen molar-refractivity contribution in [3.8, 4) is 0 Å². The lowest BCUT2D eigenvalue weighted by molar-refractivity contribution is 0.0553. The Morgan fingerprint density at radius 3 is 1.69 bits per heavy atom. The van der Waals surface area contributed by atoms with Crippen molar-refractivity contribution in [3.63, 3.8) is 0 Å². The van der Waals surface area contributed by atoms with Gasteiger partial charge in [-0.05, 0) is 36.4 Å². The third-order valence-corrected chi connectivity index (χ3v) is 6.33. The highest BCUT2D eigenvalue weighted by Gasteiger charge is 2.36. The van der Waals surface area contributed by atoms with E-state index in [0.717, 1.165) is 26.1 Å². The van der Waals surface area contributed by atoms with Crippen molar-refractivity contribution in [2.24, 2.45) is 0 Å². The summed E-state index contributed by atoms with van der Waals surface area (Å²) in [5.74, 6) is -0.695. The molecule has 0 bridgehead atoms. The fourth-order valence-corrected chi connectivity index (χ4v) is 4.96. The van der Waals surface area contributed by atoms with Gasteiger partial charge in [-0.15, -0.1) is 0 Å². The summed E-state index contributed by atoms with van der Waals surface area (Å²) in [6.07, 6.45) is -0.888. The monoisotopic (exact) mass is 402 g/mol. The minimum absolute atomic E-state index is 0.0413. The molecule has 29 heavy (non-hydrogen) atoms. The molecule has 0 radical (unpaired) electrons. The number of anilines is 2. The molecule has 3 aromatic carbocycles. The number of amides is 2. The van der Waals surface area contributed by atoms with Crippen molar-refractivity contribution < 1.29 is 14.7 Å². The summed E-state index contributed by atoms with van der Waals surface area (Å²) < 4.78 is 0. The highest BCUT2D eigenvalue weighted by atomic mass is 32.2. The van der Waals surface area contributed by atoms with E-state index in [-0.39, 0.29) is 24.9 Å². The normalized spacial score (nSPS) is 15.8. The Balaban J connectivity index is 1.40. The van der Waals surface area contributed by atoms with Gasteiger partial charge >= 0.3 is 0 Å². The second kappa shape index (κ2) is 7.06. The zero-order valence-electron chi connectivity index (χ0n) is 15.5. The molecule has 0 unspecified atom stereocenters. The Bertz CT molecular complexity index is 1050. The first-order valence-electron chi connectivity index (χ1n) is 9.40. The number of imide groups is 1.